The Morgan fingerprint density at radius 2 is 2.00 bits per heavy atom. The van der Waals surface area contributed by atoms with Crippen LogP contribution >= 0.6 is 0 Å². The van der Waals surface area contributed by atoms with Crippen molar-refractivity contribution in [3.63, 3.8) is 0 Å². The van der Waals surface area contributed by atoms with Gasteiger partial charge in [-0.25, -0.2) is 0 Å². The highest BCUT2D eigenvalue weighted by atomic mass is 16.5. The number of hydrogen-bond acceptors (Lipinski definition) is 5. The van der Waals surface area contributed by atoms with Crippen LogP contribution in [-0.2, 0) is 20.0 Å². The van der Waals surface area contributed by atoms with Gasteiger partial charge in [-0.1, -0.05) is 23.4 Å². The Kier molecular flexibility index (Phi) is 4.23. The van der Waals surface area contributed by atoms with E-state index in [1.165, 1.54) is 0 Å². The van der Waals surface area contributed by atoms with Crippen molar-refractivity contribution in [1.82, 2.24) is 19.8 Å². The van der Waals surface area contributed by atoms with E-state index in [0.29, 0.717) is 36.7 Å². The molecule has 1 N–H and O–H groups in total. The average Bonchev–Trinajstić information content (AvgIpc) is 3.25. The van der Waals surface area contributed by atoms with Crippen LogP contribution in [0.1, 0.15) is 37.9 Å². The first-order valence-electron chi connectivity index (χ1n) is 8.66. The number of fused-ring (bicyclic) bond motifs is 1. The first kappa shape index (κ1) is 17.0. The van der Waals surface area contributed by atoms with Gasteiger partial charge < -0.3 is 14.7 Å². The van der Waals surface area contributed by atoms with Gasteiger partial charge in [0.25, 0.3) is 11.8 Å². The summed E-state index contributed by atoms with van der Waals surface area (Å²) in [6.07, 6.45) is 0.655. The molecule has 3 aromatic rings. The fraction of sp³-hybridized carbons (Fsp3) is 0.263. The normalized spacial score (nSPS) is 13.3. The summed E-state index contributed by atoms with van der Waals surface area (Å²) < 4.78 is 6.77. The van der Waals surface area contributed by atoms with Crippen LogP contribution in [0, 0.1) is 6.92 Å². The van der Waals surface area contributed by atoms with Gasteiger partial charge in [-0.2, -0.15) is 5.10 Å². The summed E-state index contributed by atoms with van der Waals surface area (Å²) in [6.45, 7) is 2.66. The summed E-state index contributed by atoms with van der Waals surface area (Å²) in [6, 6.07) is 10.6. The Labute approximate surface area is 155 Å². The van der Waals surface area contributed by atoms with Crippen LogP contribution in [0.15, 0.2) is 40.9 Å². The minimum absolute atomic E-state index is 0.193. The maximum atomic E-state index is 12.7. The van der Waals surface area contributed by atoms with Gasteiger partial charge >= 0.3 is 0 Å². The molecule has 138 valence electrons. The van der Waals surface area contributed by atoms with Gasteiger partial charge in [0.2, 0.25) is 0 Å². The second-order valence-corrected chi connectivity index (χ2v) is 6.52. The Bertz CT molecular complexity index is 1010. The first-order valence-corrected chi connectivity index (χ1v) is 8.66. The van der Waals surface area contributed by atoms with Crippen LogP contribution in [0.2, 0.25) is 0 Å². The van der Waals surface area contributed by atoms with E-state index in [4.69, 9.17) is 4.52 Å². The van der Waals surface area contributed by atoms with Gasteiger partial charge in [-0.3, -0.25) is 14.3 Å². The topological polar surface area (TPSA) is 93.3 Å². The van der Waals surface area contributed by atoms with Gasteiger partial charge in [0.1, 0.15) is 5.76 Å². The predicted octanol–water partition coefficient (Wildman–Crippen LogP) is 2.17. The van der Waals surface area contributed by atoms with Crippen molar-refractivity contribution in [2.24, 2.45) is 7.05 Å². The second-order valence-electron chi connectivity index (χ2n) is 6.52. The van der Waals surface area contributed by atoms with Crippen LogP contribution in [0.3, 0.4) is 0 Å². The zero-order chi connectivity index (χ0) is 19.0. The second kappa shape index (κ2) is 6.71. The van der Waals surface area contributed by atoms with Crippen LogP contribution in [0.5, 0.6) is 0 Å². The number of hydrogen-bond donors (Lipinski definition) is 1. The van der Waals surface area contributed by atoms with Gasteiger partial charge in [0, 0.05) is 42.9 Å². The molecule has 1 aromatic carbocycles. The molecule has 2 aromatic heterocycles. The summed E-state index contributed by atoms with van der Waals surface area (Å²) in [5, 5.41) is 11.1. The molecule has 0 saturated carbocycles. The highest BCUT2D eigenvalue weighted by Crippen LogP contribution is 2.27. The molecule has 0 bridgehead atoms. The quantitative estimate of drug-likeness (QED) is 0.768. The van der Waals surface area contributed by atoms with Crippen molar-refractivity contribution in [1.29, 1.82) is 0 Å². The van der Waals surface area contributed by atoms with E-state index in [9.17, 15) is 9.59 Å². The number of amides is 2. The lowest BCUT2D eigenvalue weighted by Crippen LogP contribution is -2.36. The summed E-state index contributed by atoms with van der Waals surface area (Å²) in [4.78, 5) is 26.9. The first-order chi connectivity index (χ1) is 13.0. The third kappa shape index (κ3) is 3.21. The SMILES string of the molecule is Cc1cc(C(=O)N2CCc3c(c(NC(=O)c4ccccc4)nn3C)C2)no1. The number of nitrogens with zero attached hydrogens (tertiary/aromatic N) is 4. The molecule has 27 heavy (non-hydrogen) atoms. The van der Waals surface area contributed by atoms with Crippen LogP contribution in [0.25, 0.3) is 0 Å². The van der Waals surface area contributed by atoms with E-state index >= 15 is 0 Å². The number of aryl methyl sites for hydroxylation is 2. The molecule has 2 amide bonds. The molecule has 0 unspecified atom stereocenters. The molecule has 0 atom stereocenters. The largest absolute Gasteiger partial charge is 0.361 e. The Balaban J connectivity index is 1.57. The van der Waals surface area contributed by atoms with Crippen molar-refractivity contribution in [2.45, 2.75) is 19.9 Å². The van der Waals surface area contributed by atoms with Crippen molar-refractivity contribution in [3.8, 4) is 0 Å². The van der Waals surface area contributed by atoms with Crippen molar-refractivity contribution < 1.29 is 14.1 Å². The lowest BCUT2D eigenvalue weighted by molar-refractivity contribution is 0.0723. The Morgan fingerprint density at radius 3 is 2.70 bits per heavy atom. The lowest BCUT2D eigenvalue weighted by Gasteiger charge is -2.26. The molecule has 0 radical (unpaired) electrons. The van der Waals surface area contributed by atoms with Crippen LogP contribution in [-0.4, -0.2) is 38.2 Å². The van der Waals surface area contributed by atoms with Gasteiger partial charge in [0.15, 0.2) is 11.5 Å². The lowest BCUT2D eigenvalue weighted by atomic mass is 10.1. The highest BCUT2D eigenvalue weighted by Gasteiger charge is 2.29. The molecule has 1 aliphatic heterocycles. The fourth-order valence-corrected chi connectivity index (χ4v) is 3.26. The summed E-state index contributed by atoms with van der Waals surface area (Å²) >= 11 is 0. The van der Waals surface area contributed by atoms with Gasteiger partial charge in [-0.15, -0.1) is 0 Å². The zero-order valence-electron chi connectivity index (χ0n) is 15.1. The molecule has 4 rings (SSSR count). The summed E-state index contributed by atoms with van der Waals surface area (Å²) in [7, 11) is 1.84. The number of carbonyl (C=O) groups excluding carboxylic acids is 2. The van der Waals surface area contributed by atoms with E-state index < -0.39 is 0 Å². The van der Waals surface area contributed by atoms with Crippen molar-refractivity contribution in [2.75, 3.05) is 11.9 Å². The molecule has 0 saturated heterocycles. The number of aromatic nitrogens is 3. The number of rotatable bonds is 3. The Morgan fingerprint density at radius 1 is 1.22 bits per heavy atom. The summed E-state index contributed by atoms with van der Waals surface area (Å²) in [5.41, 5.74) is 2.70. The number of anilines is 1. The third-order valence-electron chi connectivity index (χ3n) is 4.64. The molecule has 0 aliphatic carbocycles. The van der Waals surface area contributed by atoms with E-state index in [1.807, 2.05) is 25.2 Å². The molecule has 0 fully saturated rings. The Hall–Kier alpha value is -3.42. The minimum atomic E-state index is -0.230. The molecule has 1 aliphatic rings. The van der Waals surface area contributed by atoms with E-state index in [-0.39, 0.29) is 17.5 Å². The maximum absolute atomic E-state index is 12.7. The van der Waals surface area contributed by atoms with Gasteiger partial charge in [-0.05, 0) is 19.1 Å². The van der Waals surface area contributed by atoms with E-state index in [1.54, 1.807) is 34.7 Å². The number of nitrogens with one attached hydrogen (secondary N) is 1. The predicted molar refractivity (Wildman–Crippen MR) is 97.3 cm³/mol. The molecule has 0 spiro atoms. The number of benzene rings is 1. The van der Waals surface area contributed by atoms with Crippen LogP contribution < -0.4 is 5.32 Å². The van der Waals surface area contributed by atoms with Crippen molar-refractivity contribution >= 4 is 17.6 Å². The molecule has 3 heterocycles. The van der Waals surface area contributed by atoms with E-state index in [0.717, 1.165) is 11.3 Å². The zero-order valence-corrected chi connectivity index (χ0v) is 15.1. The molecule has 8 nitrogen and oxygen atoms in total. The maximum Gasteiger partial charge on any atom is 0.276 e. The standard InChI is InChI=1S/C19H19N5O3/c1-12-10-15(22-27-12)19(26)24-9-8-16-14(11-24)17(21-23(16)2)20-18(25)13-6-4-3-5-7-13/h3-7,10H,8-9,11H2,1-2H3,(H,20,21,25). The molecular formula is C19H19N5O3. The third-order valence-corrected chi connectivity index (χ3v) is 4.64. The smallest absolute Gasteiger partial charge is 0.276 e. The highest BCUT2D eigenvalue weighted by molar-refractivity contribution is 6.04. The fourth-order valence-electron chi connectivity index (χ4n) is 3.26. The summed E-state index contributed by atoms with van der Waals surface area (Å²) in [5.74, 6) is 0.650. The van der Waals surface area contributed by atoms with Gasteiger partial charge in [0.05, 0.1) is 6.54 Å². The van der Waals surface area contributed by atoms with Crippen molar-refractivity contribution in [3.05, 3.63) is 64.7 Å². The minimum Gasteiger partial charge on any atom is -0.361 e. The average molecular weight is 365 g/mol. The monoisotopic (exact) mass is 365 g/mol. The van der Waals surface area contributed by atoms with E-state index in [2.05, 4.69) is 15.6 Å². The molecule has 8 heteroatoms. The molecular weight excluding hydrogens is 346 g/mol. The van der Waals surface area contributed by atoms with Crippen LogP contribution in [0.4, 0.5) is 5.82 Å². The number of carbonyl (C=O) groups is 2.